The zero-order valence-corrected chi connectivity index (χ0v) is 15.7. The van der Waals surface area contributed by atoms with Crippen molar-refractivity contribution in [3.63, 3.8) is 0 Å². The van der Waals surface area contributed by atoms with E-state index in [1.807, 2.05) is 25.5 Å². The van der Waals surface area contributed by atoms with Crippen LogP contribution in [-0.4, -0.2) is 53.6 Å². The Morgan fingerprint density at radius 2 is 1.92 bits per heavy atom. The van der Waals surface area contributed by atoms with Crippen LogP contribution < -0.4 is 10.6 Å². The molecule has 0 spiro atoms. The van der Waals surface area contributed by atoms with Gasteiger partial charge in [-0.2, -0.15) is 0 Å². The number of guanidine groups is 1. The Bertz CT molecular complexity index is 673. The Kier molecular flexibility index (Phi) is 7.07. The lowest BCUT2D eigenvalue weighted by Crippen LogP contribution is -2.42. The SMILES string of the molecule is CN=C(NCCN1CCCCC1)NCc1nccn1Cc1ccccc1. The van der Waals surface area contributed by atoms with E-state index in [1.165, 1.54) is 37.9 Å². The van der Waals surface area contributed by atoms with Gasteiger partial charge in [0, 0.05) is 39.1 Å². The number of likely N-dealkylation sites (tertiary alicyclic amines) is 1. The second kappa shape index (κ2) is 9.97. The van der Waals surface area contributed by atoms with E-state index in [1.54, 1.807) is 0 Å². The predicted molar refractivity (Wildman–Crippen MR) is 106 cm³/mol. The first kappa shape index (κ1) is 18.5. The maximum absolute atomic E-state index is 4.48. The molecule has 1 aromatic heterocycles. The number of aromatic nitrogens is 2. The zero-order valence-electron chi connectivity index (χ0n) is 15.7. The highest BCUT2D eigenvalue weighted by molar-refractivity contribution is 5.79. The largest absolute Gasteiger partial charge is 0.355 e. The van der Waals surface area contributed by atoms with Gasteiger partial charge >= 0.3 is 0 Å². The minimum atomic E-state index is 0.656. The maximum Gasteiger partial charge on any atom is 0.191 e. The average molecular weight is 355 g/mol. The van der Waals surface area contributed by atoms with Crippen LogP contribution in [0.3, 0.4) is 0 Å². The lowest BCUT2D eigenvalue weighted by Gasteiger charge is -2.26. The minimum Gasteiger partial charge on any atom is -0.355 e. The number of piperidine rings is 1. The summed E-state index contributed by atoms with van der Waals surface area (Å²) in [5.41, 5.74) is 1.27. The van der Waals surface area contributed by atoms with Crippen molar-refractivity contribution in [3.8, 4) is 0 Å². The highest BCUT2D eigenvalue weighted by Gasteiger charge is 2.10. The van der Waals surface area contributed by atoms with Crippen LogP contribution >= 0.6 is 0 Å². The summed E-state index contributed by atoms with van der Waals surface area (Å²) in [5, 5.41) is 6.78. The third-order valence-electron chi connectivity index (χ3n) is 4.80. The van der Waals surface area contributed by atoms with Crippen molar-refractivity contribution in [1.29, 1.82) is 0 Å². The third-order valence-corrected chi connectivity index (χ3v) is 4.80. The quantitative estimate of drug-likeness (QED) is 0.590. The molecule has 1 saturated heterocycles. The Labute approximate surface area is 156 Å². The first-order valence-corrected chi connectivity index (χ1v) is 9.56. The fraction of sp³-hybridized carbons (Fsp3) is 0.500. The molecule has 1 aliphatic heterocycles. The number of aliphatic imine (C=N–C) groups is 1. The summed E-state index contributed by atoms with van der Waals surface area (Å²) in [6, 6.07) is 10.5. The number of nitrogens with one attached hydrogen (secondary N) is 2. The Hall–Kier alpha value is -2.34. The molecule has 2 N–H and O–H groups in total. The van der Waals surface area contributed by atoms with Gasteiger partial charge in [0.15, 0.2) is 5.96 Å². The van der Waals surface area contributed by atoms with Crippen molar-refractivity contribution in [2.75, 3.05) is 33.2 Å². The van der Waals surface area contributed by atoms with E-state index < -0.39 is 0 Å². The van der Waals surface area contributed by atoms with Gasteiger partial charge in [-0.05, 0) is 31.5 Å². The number of nitrogens with zero attached hydrogens (tertiary/aromatic N) is 4. The molecule has 140 valence electrons. The molecule has 2 aromatic rings. The smallest absolute Gasteiger partial charge is 0.191 e. The summed E-state index contributed by atoms with van der Waals surface area (Å²) in [7, 11) is 1.81. The van der Waals surface area contributed by atoms with Crippen molar-refractivity contribution in [1.82, 2.24) is 25.1 Å². The van der Waals surface area contributed by atoms with Crippen molar-refractivity contribution >= 4 is 5.96 Å². The summed E-state index contributed by atoms with van der Waals surface area (Å²) in [6.07, 6.45) is 7.92. The van der Waals surface area contributed by atoms with Gasteiger partial charge in [-0.25, -0.2) is 4.98 Å². The summed E-state index contributed by atoms with van der Waals surface area (Å²) >= 11 is 0. The van der Waals surface area contributed by atoms with Crippen LogP contribution in [0, 0.1) is 0 Å². The number of imidazole rings is 1. The van der Waals surface area contributed by atoms with Gasteiger partial charge in [-0.3, -0.25) is 4.99 Å². The number of benzene rings is 1. The highest BCUT2D eigenvalue weighted by atomic mass is 15.2. The molecule has 2 heterocycles. The molecule has 0 bridgehead atoms. The summed E-state index contributed by atoms with van der Waals surface area (Å²) in [4.78, 5) is 11.3. The molecule has 26 heavy (non-hydrogen) atoms. The van der Waals surface area contributed by atoms with E-state index >= 15 is 0 Å². The van der Waals surface area contributed by atoms with Crippen LogP contribution in [0.2, 0.25) is 0 Å². The van der Waals surface area contributed by atoms with E-state index in [0.29, 0.717) is 6.54 Å². The van der Waals surface area contributed by atoms with Gasteiger partial charge in [0.25, 0.3) is 0 Å². The normalized spacial score (nSPS) is 15.8. The monoisotopic (exact) mass is 354 g/mol. The van der Waals surface area contributed by atoms with Gasteiger partial charge in [0.2, 0.25) is 0 Å². The molecule has 3 rings (SSSR count). The first-order chi connectivity index (χ1) is 12.8. The molecule has 1 aliphatic rings. The minimum absolute atomic E-state index is 0.656. The van der Waals surface area contributed by atoms with Crippen LogP contribution in [-0.2, 0) is 13.1 Å². The fourth-order valence-corrected chi connectivity index (χ4v) is 3.33. The van der Waals surface area contributed by atoms with Crippen LogP contribution in [0.15, 0.2) is 47.7 Å². The molecule has 0 radical (unpaired) electrons. The van der Waals surface area contributed by atoms with E-state index in [-0.39, 0.29) is 0 Å². The molecular weight excluding hydrogens is 324 g/mol. The van der Waals surface area contributed by atoms with Gasteiger partial charge in [-0.15, -0.1) is 0 Å². The molecule has 0 unspecified atom stereocenters. The van der Waals surface area contributed by atoms with E-state index in [2.05, 4.69) is 54.3 Å². The maximum atomic E-state index is 4.48. The molecular formula is C20H30N6. The fourth-order valence-electron chi connectivity index (χ4n) is 3.33. The van der Waals surface area contributed by atoms with Crippen molar-refractivity contribution in [3.05, 3.63) is 54.1 Å². The summed E-state index contributed by atoms with van der Waals surface area (Å²) in [6.45, 7) is 5.93. The molecule has 0 amide bonds. The predicted octanol–water partition coefficient (Wildman–Crippen LogP) is 2.08. The molecule has 1 aromatic carbocycles. The van der Waals surface area contributed by atoms with E-state index in [4.69, 9.17) is 0 Å². The van der Waals surface area contributed by atoms with Gasteiger partial charge in [-0.1, -0.05) is 36.8 Å². The second-order valence-electron chi connectivity index (χ2n) is 6.71. The highest BCUT2D eigenvalue weighted by Crippen LogP contribution is 2.07. The molecule has 6 nitrogen and oxygen atoms in total. The Morgan fingerprint density at radius 1 is 1.12 bits per heavy atom. The van der Waals surface area contributed by atoms with Crippen LogP contribution in [0.1, 0.15) is 30.7 Å². The third kappa shape index (κ3) is 5.59. The van der Waals surface area contributed by atoms with Gasteiger partial charge in [0.05, 0.1) is 6.54 Å². The molecule has 6 heteroatoms. The van der Waals surface area contributed by atoms with Crippen LogP contribution in [0.25, 0.3) is 0 Å². The van der Waals surface area contributed by atoms with Gasteiger partial charge < -0.3 is 20.1 Å². The molecule has 0 aliphatic carbocycles. The Morgan fingerprint density at radius 3 is 2.69 bits per heavy atom. The Balaban J connectivity index is 1.44. The van der Waals surface area contributed by atoms with E-state index in [9.17, 15) is 0 Å². The molecule has 0 saturated carbocycles. The standard InChI is InChI=1S/C20H30N6/c1-21-20(23-10-14-25-12-6-3-7-13-25)24-16-19-22-11-15-26(19)17-18-8-4-2-5-9-18/h2,4-5,8-9,11,15H,3,6-7,10,12-14,16-17H2,1H3,(H2,21,23,24). The second-order valence-corrected chi connectivity index (χ2v) is 6.71. The summed E-state index contributed by atoms with van der Waals surface area (Å²) < 4.78 is 2.17. The molecule has 0 atom stereocenters. The number of hydrogen-bond acceptors (Lipinski definition) is 3. The topological polar surface area (TPSA) is 57.5 Å². The van der Waals surface area contributed by atoms with Gasteiger partial charge in [0.1, 0.15) is 5.82 Å². The van der Waals surface area contributed by atoms with Crippen molar-refractivity contribution in [2.24, 2.45) is 4.99 Å². The van der Waals surface area contributed by atoms with Crippen molar-refractivity contribution < 1.29 is 0 Å². The van der Waals surface area contributed by atoms with E-state index in [0.717, 1.165) is 31.4 Å². The summed E-state index contributed by atoms with van der Waals surface area (Å²) in [5.74, 6) is 1.84. The van der Waals surface area contributed by atoms with Crippen LogP contribution in [0.4, 0.5) is 0 Å². The van der Waals surface area contributed by atoms with Crippen molar-refractivity contribution in [2.45, 2.75) is 32.4 Å². The lowest BCUT2D eigenvalue weighted by molar-refractivity contribution is 0.232. The number of rotatable bonds is 7. The zero-order chi connectivity index (χ0) is 18.0. The number of hydrogen-bond donors (Lipinski definition) is 2. The van der Waals surface area contributed by atoms with Crippen LogP contribution in [0.5, 0.6) is 0 Å². The lowest BCUT2D eigenvalue weighted by atomic mass is 10.1. The average Bonchev–Trinajstić information content (AvgIpc) is 3.13. The molecule has 1 fully saturated rings. The first-order valence-electron chi connectivity index (χ1n) is 9.56.